The molecule has 0 N–H and O–H groups in total. The molecule has 0 radical (unpaired) electrons. The molecule has 0 spiro atoms. The van der Waals surface area contributed by atoms with Crippen molar-refractivity contribution in [2.45, 2.75) is 57.3 Å². The molecule has 2 aliphatic carbocycles. The molecule has 2 aliphatic rings. The van der Waals surface area contributed by atoms with Gasteiger partial charge in [0.25, 0.3) is 0 Å². The molecule has 2 saturated carbocycles. The summed E-state index contributed by atoms with van der Waals surface area (Å²) >= 11 is 0. The molecule has 0 heterocycles. The van der Waals surface area contributed by atoms with Gasteiger partial charge in [-0.3, -0.25) is 0 Å². The summed E-state index contributed by atoms with van der Waals surface area (Å²) in [5.74, 6) is -1.12. The van der Waals surface area contributed by atoms with Crippen LogP contribution in [0.4, 0.5) is 13.2 Å². The average Bonchev–Trinajstić information content (AvgIpc) is 2.79. The van der Waals surface area contributed by atoms with E-state index in [1.807, 2.05) is 6.08 Å². The number of ether oxygens (including phenoxy) is 1. The normalized spacial score (nSPS) is 25.1. The summed E-state index contributed by atoms with van der Waals surface area (Å²) < 4.78 is 46.7. The number of hydrogen-bond acceptors (Lipinski definition) is 2. The highest BCUT2D eigenvalue weighted by atomic mass is 19.1. The van der Waals surface area contributed by atoms with E-state index in [1.165, 1.54) is 31.7 Å². The van der Waals surface area contributed by atoms with Gasteiger partial charge >= 0.3 is 5.97 Å². The van der Waals surface area contributed by atoms with Crippen molar-refractivity contribution in [2.24, 2.45) is 17.8 Å². The highest BCUT2D eigenvalue weighted by molar-refractivity contribution is 5.91. The molecule has 2 fully saturated rings. The van der Waals surface area contributed by atoms with Crippen LogP contribution in [0.3, 0.4) is 0 Å². The summed E-state index contributed by atoms with van der Waals surface area (Å²) in [6.45, 7) is 3.83. The topological polar surface area (TPSA) is 26.3 Å². The Morgan fingerprint density at radius 3 is 2.50 bits per heavy atom. The number of halogens is 3. The van der Waals surface area contributed by atoms with Gasteiger partial charge in [0, 0.05) is 6.07 Å². The molecule has 2 aromatic rings. The quantitative estimate of drug-likeness (QED) is 0.262. The van der Waals surface area contributed by atoms with E-state index in [-0.39, 0.29) is 17.2 Å². The molecule has 0 amide bonds. The first-order chi connectivity index (χ1) is 15.4. The van der Waals surface area contributed by atoms with Crippen LogP contribution >= 0.6 is 0 Å². The van der Waals surface area contributed by atoms with Gasteiger partial charge in [-0.2, -0.15) is 0 Å². The van der Waals surface area contributed by atoms with Gasteiger partial charge < -0.3 is 4.74 Å². The molecule has 2 nitrogen and oxygen atoms in total. The van der Waals surface area contributed by atoms with Crippen LogP contribution in [0.2, 0.25) is 0 Å². The van der Waals surface area contributed by atoms with Gasteiger partial charge in [0.05, 0.1) is 5.56 Å². The summed E-state index contributed by atoms with van der Waals surface area (Å²) in [4.78, 5) is 12.3. The zero-order valence-corrected chi connectivity index (χ0v) is 18.2. The maximum atomic E-state index is 15.0. The molecule has 0 aromatic heterocycles. The molecule has 32 heavy (non-hydrogen) atoms. The zero-order valence-electron chi connectivity index (χ0n) is 18.2. The van der Waals surface area contributed by atoms with Crippen molar-refractivity contribution < 1.29 is 22.7 Å². The Labute approximate surface area is 187 Å². The Morgan fingerprint density at radius 1 is 0.969 bits per heavy atom. The Hall–Kier alpha value is -2.56. The van der Waals surface area contributed by atoms with Crippen LogP contribution in [-0.4, -0.2) is 5.97 Å². The van der Waals surface area contributed by atoms with Crippen molar-refractivity contribution >= 4 is 5.97 Å². The van der Waals surface area contributed by atoms with E-state index in [1.54, 1.807) is 6.07 Å². The lowest BCUT2D eigenvalue weighted by Gasteiger charge is -2.42. The third-order valence-electron chi connectivity index (χ3n) is 7.27. The monoisotopic (exact) mass is 442 g/mol. The van der Waals surface area contributed by atoms with E-state index in [2.05, 4.69) is 6.58 Å². The van der Waals surface area contributed by atoms with Crippen molar-refractivity contribution in [1.29, 1.82) is 0 Å². The van der Waals surface area contributed by atoms with E-state index in [0.29, 0.717) is 17.5 Å². The third kappa shape index (κ3) is 5.08. The smallest absolute Gasteiger partial charge is 0.343 e. The van der Waals surface area contributed by atoms with Gasteiger partial charge in [0.15, 0.2) is 11.6 Å². The fraction of sp³-hybridized carbons (Fsp3) is 0.444. The molecule has 4 unspecified atom stereocenters. The van der Waals surface area contributed by atoms with Crippen molar-refractivity contribution in [3.05, 3.63) is 77.6 Å². The minimum absolute atomic E-state index is 0.00591. The van der Waals surface area contributed by atoms with Crippen molar-refractivity contribution in [2.75, 3.05) is 0 Å². The number of esters is 1. The van der Waals surface area contributed by atoms with E-state index in [9.17, 15) is 18.0 Å². The van der Waals surface area contributed by atoms with Gasteiger partial charge in [-0.15, -0.1) is 6.58 Å². The Balaban J connectivity index is 1.39. The molecule has 2 aromatic carbocycles. The fourth-order valence-corrected chi connectivity index (χ4v) is 5.59. The predicted molar refractivity (Wildman–Crippen MR) is 118 cm³/mol. The van der Waals surface area contributed by atoms with Gasteiger partial charge in [-0.25, -0.2) is 18.0 Å². The highest BCUT2D eigenvalue weighted by Crippen LogP contribution is 2.48. The number of fused-ring (bicyclic) bond motifs is 1. The summed E-state index contributed by atoms with van der Waals surface area (Å²) in [6, 6.07) is 7.03. The molecule has 4 rings (SSSR count). The number of benzene rings is 2. The first-order valence-electron chi connectivity index (χ1n) is 11.5. The molecular weight excluding hydrogens is 413 g/mol. The third-order valence-corrected chi connectivity index (χ3v) is 7.27. The van der Waals surface area contributed by atoms with Gasteiger partial charge in [0.1, 0.15) is 11.6 Å². The van der Waals surface area contributed by atoms with E-state index in [0.717, 1.165) is 55.7 Å². The van der Waals surface area contributed by atoms with Crippen LogP contribution in [0.25, 0.3) is 0 Å². The maximum absolute atomic E-state index is 15.0. The second kappa shape index (κ2) is 9.93. The number of carbonyl (C=O) groups is 1. The van der Waals surface area contributed by atoms with Crippen LogP contribution in [0.1, 0.15) is 73.2 Å². The second-order valence-corrected chi connectivity index (χ2v) is 9.28. The second-order valence-electron chi connectivity index (χ2n) is 9.28. The van der Waals surface area contributed by atoms with E-state index >= 15 is 0 Å². The SMILES string of the molecule is C=CCCC1CCC2CC(c3ccc(C(=O)Oc4ccc(F)cc4F)cc3F)CCC2C1. The highest BCUT2D eigenvalue weighted by Gasteiger charge is 2.36. The molecule has 0 aliphatic heterocycles. The molecule has 4 atom stereocenters. The Morgan fingerprint density at radius 2 is 1.75 bits per heavy atom. The molecule has 0 saturated heterocycles. The van der Waals surface area contributed by atoms with Gasteiger partial charge in [-0.05, 0) is 98.4 Å². The Bertz CT molecular complexity index is 987. The van der Waals surface area contributed by atoms with Crippen LogP contribution in [0, 0.1) is 35.2 Å². The van der Waals surface area contributed by atoms with Crippen LogP contribution < -0.4 is 4.74 Å². The summed E-state index contributed by atoms with van der Waals surface area (Å²) in [7, 11) is 0. The van der Waals surface area contributed by atoms with Crippen LogP contribution in [-0.2, 0) is 0 Å². The van der Waals surface area contributed by atoms with Crippen LogP contribution in [0.5, 0.6) is 5.75 Å². The van der Waals surface area contributed by atoms with Crippen molar-refractivity contribution in [3.8, 4) is 5.75 Å². The van der Waals surface area contributed by atoms with Gasteiger partial charge in [-0.1, -0.05) is 18.6 Å². The molecule has 5 heteroatoms. The molecule has 0 bridgehead atoms. The maximum Gasteiger partial charge on any atom is 0.343 e. The number of allylic oxidation sites excluding steroid dienone is 1. The minimum Gasteiger partial charge on any atom is -0.420 e. The first-order valence-corrected chi connectivity index (χ1v) is 11.5. The largest absolute Gasteiger partial charge is 0.420 e. The van der Waals surface area contributed by atoms with Gasteiger partial charge in [0.2, 0.25) is 0 Å². The molecular formula is C27H29F3O2. The number of carbonyl (C=O) groups excluding carboxylic acids is 1. The van der Waals surface area contributed by atoms with E-state index < -0.39 is 23.4 Å². The lowest BCUT2D eigenvalue weighted by molar-refractivity contribution is 0.0727. The summed E-state index contributed by atoms with van der Waals surface area (Å²) in [5.41, 5.74) is 0.646. The Kier molecular flexibility index (Phi) is 7.02. The first kappa shape index (κ1) is 22.6. The number of rotatable bonds is 6. The minimum atomic E-state index is -0.980. The van der Waals surface area contributed by atoms with Crippen molar-refractivity contribution in [3.63, 3.8) is 0 Å². The average molecular weight is 443 g/mol. The molecule has 170 valence electrons. The zero-order chi connectivity index (χ0) is 22.7. The van der Waals surface area contributed by atoms with E-state index in [4.69, 9.17) is 4.74 Å². The summed E-state index contributed by atoms with van der Waals surface area (Å²) in [5, 5.41) is 0. The summed E-state index contributed by atoms with van der Waals surface area (Å²) in [6.07, 6.45) is 11.1. The van der Waals surface area contributed by atoms with Crippen LogP contribution in [0.15, 0.2) is 49.1 Å². The standard InChI is InChI=1S/C27H29F3O2/c1-2-3-4-17-5-6-19-14-20(8-7-18(19)13-17)23-11-9-21(15-24(23)29)27(31)32-26-12-10-22(28)16-25(26)30/h2,9-12,15-20H,1,3-8,13-14H2. The van der Waals surface area contributed by atoms with Crippen molar-refractivity contribution in [1.82, 2.24) is 0 Å². The predicted octanol–water partition coefficient (Wildman–Crippen LogP) is 7.59. The number of hydrogen-bond donors (Lipinski definition) is 0. The lowest BCUT2D eigenvalue weighted by atomic mass is 9.63. The fourth-order valence-electron chi connectivity index (χ4n) is 5.59. The lowest BCUT2D eigenvalue weighted by Crippen LogP contribution is -2.30.